The summed E-state index contributed by atoms with van der Waals surface area (Å²) in [5, 5.41) is 26.8. The number of carboxylic acids is 2. The monoisotopic (exact) mass is 264 g/mol. The van der Waals surface area contributed by atoms with Crippen LogP contribution in [-0.2, 0) is 19.2 Å². The van der Waals surface area contributed by atoms with Gasteiger partial charge in [0, 0.05) is 0 Å². The van der Waals surface area contributed by atoms with E-state index in [2.05, 4.69) is 4.84 Å². The van der Waals surface area contributed by atoms with E-state index in [0.29, 0.717) is 5.06 Å². The first kappa shape index (κ1) is 15.6. The fraction of sp³-hybridized carbons (Fsp3) is 0.500. The van der Waals surface area contributed by atoms with Gasteiger partial charge in [-0.2, -0.15) is 5.06 Å². The van der Waals surface area contributed by atoms with Crippen LogP contribution in [0, 0.1) is 0 Å². The van der Waals surface area contributed by atoms with Crippen LogP contribution in [0.4, 0.5) is 4.79 Å². The van der Waals surface area contributed by atoms with Gasteiger partial charge in [0.2, 0.25) is 0 Å². The zero-order valence-electron chi connectivity index (χ0n) is 9.32. The number of primary amides is 1. The third-order valence-corrected chi connectivity index (χ3v) is 1.83. The van der Waals surface area contributed by atoms with Crippen LogP contribution in [0.2, 0.25) is 0 Å². The average Bonchev–Trinajstić information content (AvgIpc) is 2.14. The summed E-state index contributed by atoms with van der Waals surface area (Å²) in [7, 11) is 0.983. The Kier molecular flexibility index (Phi) is 5.05. The van der Waals surface area contributed by atoms with Gasteiger partial charge in [-0.1, -0.05) is 0 Å². The molecule has 0 saturated heterocycles. The van der Waals surface area contributed by atoms with Crippen molar-refractivity contribution in [2.75, 3.05) is 7.05 Å². The molecular weight excluding hydrogens is 252 g/mol. The Labute approximate surface area is 100 Å². The molecule has 0 spiro atoms. The summed E-state index contributed by atoms with van der Waals surface area (Å²) in [5.74, 6) is -4.83. The maximum absolute atomic E-state index is 11.2. The van der Waals surface area contributed by atoms with E-state index in [0.717, 1.165) is 7.05 Å². The van der Waals surface area contributed by atoms with Crippen molar-refractivity contribution in [2.24, 2.45) is 5.73 Å². The first-order valence-electron chi connectivity index (χ1n) is 4.50. The standard InChI is InChI=1S/C8H12N2O8/c1-10(7(9)16)18-5(13)3-8(17,6(14)15)2-4(11)12/h17H,2-3H2,1H3,(H2,9,16)(H,11,12)(H,14,15). The normalized spacial score (nSPS) is 13.2. The van der Waals surface area contributed by atoms with Gasteiger partial charge in [0.15, 0.2) is 5.60 Å². The molecule has 1 unspecified atom stereocenters. The van der Waals surface area contributed by atoms with Crippen molar-refractivity contribution in [3.05, 3.63) is 0 Å². The van der Waals surface area contributed by atoms with Crippen molar-refractivity contribution in [1.29, 1.82) is 0 Å². The molecule has 0 fully saturated rings. The molecule has 0 aromatic carbocycles. The minimum absolute atomic E-state index is 0.311. The number of nitrogens with zero attached hydrogens (tertiary/aromatic N) is 1. The van der Waals surface area contributed by atoms with Gasteiger partial charge in [-0.25, -0.2) is 14.4 Å². The summed E-state index contributed by atoms with van der Waals surface area (Å²) in [6, 6.07) is -1.12. The zero-order valence-corrected chi connectivity index (χ0v) is 9.32. The second kappa shape index (κ2) is 5.82. The molecule has 10 heteroatoms. The van der Waals surface area contributed by atoms with E-state index in [1.807, 2.05) is 0 Å². The molecule has 0 radical (unpaired) electrons. The topological polar surface area (TPSA) is 167 Å². The molecule has 102 valence electrons. The molecule has 0 saturated carbocycles. The highest BCUT2D eigenvalue weighted by molar-refractivity contribution is 5.88. The molecule has 2 amide bonds. The van der Waals surface area contributed by atoms with Crippen LogP contribution in [0.15, 0.2) is 0 Å². The second-order valence-corrected chi connectivity index (χ2v) is 3.38. The number of hydrogen-bond donors (Lipinski definition) is 4. The molecule has 0 aromatic heterocycles. The lowest BCUT2D eigenvalue weighted by molar-refractivity contribution is -0.184. The minimum atomic E-state index is -2.82. The van der Waals surface area contributed by atoms with E-state index >= 15 is 0 Å². The van der Waals surface area contributed by atoms with E-state index in [1.54, 1.807) is 0 Å². The summed E-state index contributed by atoms with van der Waals surface area (Å²) < 4.78 is 0. The van der Waals surface area contributed by atoms with Crippen LogP contribution >= 0.6 is 0 Å². The van der Waals surface area contributed by atoms with E-state index in [4.69, 9.17) is 15.9 Å². The summed E-state index contributed by atoms with van der Waals surface area (Å²) in [6.07, 6.45) is -2.34. The largest absolute Gasteiger partial charge is 0.481 e. The van der Waals surface area contributed by atoms with Crippen molar-refractivity contribution in [1.82, 2.24) is 5.06 Å². The molecule has 0 bridgehead atoms. The summed E-state index contributed by atoms with van der Waals surface area (Å²) >= 11 is 0. The lowest BCUT2D eigenvalue weighted by atomic mass is 9.96. The van der Waals surface area contributed by atoms with Gasteiger partial charge in [0.1, 0.15) is 0 Å². The van der Waals surface area contributed by atoms with Gasteiger partial charge in [-0.3, -0.25) is 4.79 Å². The quantitative estimate of drug-likeness (QED) is 0.419. The SMILES string of the molecule is CN(OC(=O)CC(O)(CC(=O)O)C(=O)O)C(N)=O. The fourth-order valence-electron chi connectivity index (χ4n) is 0.933. The summed E-state index contributed by atoms with van der Waals surface area (Å²) in [5.41, 5.74) is 1.91. The van der Waals surface area contributed by atoms with Crippen molar-refractivity contribution in [2.45, 2.75) is 18.4 Å². The molecule has 0 aliphatic carbocycles. The van der Waals surface area contributed by atoms with Crippen molar-refractivity contribution in [3.8, 4) is 0 Å². The van der Waals surface area contributed by atoms with Crippen LogP contribution in [-0.4, -0.2) is 57.0 Å². The zero-order chi connectivity index (χ0) is 14.5. The number of urea groups is 1. The number of nitrogens with two attached hydrogens (primary N) is 1. The van der Waals surface area contributed by atoms with E-state index in [9.17, 15) is 24.3 Å². The number of hydroxylamine groups is 2. The molecule has 10 nitrogen and oxygen atoms in total. The minimum Gasteiger partial charge on any atom is -0.481 e. The second-order valence-electron chi connectivity index (χ2n) is 3.38. The van der Waals surface area contributed by atoms with E-state index < -0.39 is 42.4 Å². The third-order valence-electron chi connectivity index (χ3n) is 1.83. The number of amides is 2. The van der Waals surface area contributed by atoms with Crippen LogP contribution in [0.5, 0.6) is 0 Å². The Morgan fingerprint density at radius 3 is 2.06 bits per heavy atom. The first-order valence-corrected chi connectivity index (χ1v) is 4.50. The average molecular weight is 264 g/mol. The van der Waals surface area contributed by atoms with Gasteiger partial charge >= 0.3 is 23.9 Å². The Balaban J connectivity index is 4.70. The Bertz CT molecular complexity index is 381. The third kappa shape index (κ3) is 4.65. The number of carboxylic acid groups (broad SMARTS) is 2. The number of aliphatic carboxylic acids is 2. The molecule has 0 rings (SSSR count). The maximum Gasteiger partial charge on any atom is 0.347 e. The summed E-state index contributed by atoms with van der Waals surface area (Å²) in [6.45, 7) is 0. The molecular formula is C8H12N2O8. The van der Waals surface area contributed by atoms with Crippen molar-refractivity contribution in [3.63, 3.8) is 0 Å². The molecule has 0 aliphatic rings. The van der Waals surface area contributed by atoms with Crippen LogP contribution in [0.3, 0.4) is 0 Å². The van der Waals surface area contributed by atoms with Gasteiger partial charge in [-0.05, 0) is 0 Å². The molecule has 0 heterocycles. The molecule has 1 atom stereocenters. The lowest BCUT2D eigenvalue weighted by Crippen LogP contribution is -2.44. The van der Waals surface area contributed by atoms with Crippen LogP contribution < -0.4 is 5.73 Å². The predicted molar refractivity (Wildman–Crippen MR) is 52.9 cm³/mol. The van der Waals surface area contributed by atoms with E-state index in [1.165, 1.54) is 0 Å². The first-order chi connectivity index (χ1) is 8.08. The molecule has 5 N–H and O–H groups in total. The summed E-state index contributed by atoms with van der Waals surface area (Å²) in [4.78, 5) is 47.0. The highest BCUT2D eigenvalue weighted by atomic mass is 16.7. The maximum atomic E-state index is 11.2. The van der Waals surface area contributed by atoms with Crippen molar-refractivity contribution >= 4 is 23.9 Å². The number of aliphatic hydroxyl groups is 1. The molecule has 0 aromatic rings. The molecule has 0 aliphatic heterocycles. The highest BCUT2D eigenvalue weighted by Gasteiger charge is 2.42. The Hall–Kier alpha value is -2.36. The molecule has 18 heavy (non-hydrogen) atoms. The van der Waals surface area contributed by atoms with Gasteiger partial charge < -0.3 is 25.9 Å². The van der Waals surface area contributed by atoms with Crippen molar-refractivity contribution < 1.29 is 39.3 Å². The smallest absolute Gasteiger partial charge is 0.347 e. The number of rotatable bonds is 5. The van der Waals surface area contributed by atoms with Crippen LogP contribution in [0.1, 0.15) is 12.8 Å². The van der Waals surface area contributed by atoms with Gasteiger partial charge in [-0.15, -0.1) is 0 Å². The van der Waals surface area contributed by atoms with Crippen LogP contribution in [0.25, 0.3) is 0 Å². The Morgan fingerprint density at radius 1 is 1.22 bits per heavy atom. The van der Waals surface area contributed by atoms with E-state index in [-0.39, 0.29) is 0 Å². The van der Waals surface area contributed by atoms with Gasteiger partial charge in [0.05, 0.1) is 19.9 Å². The highest BCUT2D eigenvalue weighted by Crippen LogP contribution is 2.17. The number of carbonyl (C=O) groups is 4. The predicted octanol–water partition coefficient (Wildman–Crippen LogP) is -1.86. The lowest BCUT2D eigenvalue weighted by Gasteiger charge is -2.21. The number of hydrogen-bond acceptors (Lipinski definition) is 6. The van der Waals surface area contributed by atoms with Gasteiger partial charge in [0.25, 0.3) is 0 Å². The Morgan fingerprint density at radius 2 is 1.72 bits per heavy atom. The fourth-order valence-corrected chi connectivity index (χ4v) is 0.933. The number of carbonyl (C=O) groups excluding carboxylic acids is 2.